The van der Waals surface area contributed by atoms with Gasteiger partial charge in [0.05, 0.1) is 17.7 Å². The molecule has 3 rings (SSSR count). The van der Waals surface area contributed by atoms with Gasteiger partial charge in [-0.2, -0.15) is 0 Å². The second-order valence-corrected chi connectivity index (χ2v) is 6.69. The van der Waals surface area contributed by atoms with Gasteiger partial charge in [-0.05, 0) is 24.3 Å². The van der Waals surface area contributed by atoms with Gasteiger partial charge in [0.25, 0.3) is 0 Å². The van der Waals surface area contributed by atoms with Crippen LogP contribution in [0.2, 0.25) is 0 Å². The van der Waals surface area contributed by atoms with Crippen LogP contribution in [0.15, 0.2) is 60.7 Å². The minimum atomic E-state index is -1.54. The molecule has 0 unspecified atom stereocenters. The van der Waals surface area contributed by atoms with Crippen LogP contribution in [0.4, 0.5) is 0 Å². The van der Waals surface area contributed by atoms with E-state index in [-0.39, 0.29) is 12.2 Å². The van der Waals surface area contributed by atoms with Crippen molar-refractivity contribution in [2.45, 2.75) is 30.7 Å². The molecule has 8 nitrogen and oxygen atoms in total. The fraction of sp³-hybridized carbons (Fsp3) is 0.364. The first-order valence-corrected chi connectivity index (χ1v) is 9.42. The molecule has 0 bridgehead atoms. The van der Waals surface area contributed by atoms with Gasteiger partial charge in [0.15, 0.2) is 18.5 Å². The van der Waals surface area contributed by atoms with Crippen molar-refractivity contribution in [3.63, 3.8) is 0 Å². The van der Waals surface area contributed by atoms with Crippen LogP contribution in [-0.2, 0) is 23.7 Å². The summed E-state index contributed by atoms with van der Waals surface area (Å²) in [4.78, 5) is 25.2. The summed E-state index contributed by atoms with van der Waals surface area (Å²) in [6, 6.07) is 16.6. The van der Waals surface area contributed by atoms with Crippen LogP contribution in [0, 0.1) is 0 Å². The van der Waals surface area contributed by atoms with Crippen LogP contribution >= 0.6 is 0 Å². The first-order chi connectivity index (χ1) is 14.5. The number of esters is 2. The number of rotatable bonds is 7. The molecular formula is C22H24O8. The molecule has 1 N–H and O–H groups in total. The number of hydrogen-bond acceptors (Lipinski definition) is 8. The Kier molecular flexibility index (Phi) is 7.53. The van der Waals surface area contributed by atoms with Gasteiger partial charge in [-0.25, -0.2) is 9.59 Å². The minimum absolute atomic E-state index is 0.0777. The lowest BCUT2D eigenvalue weighted by Crippen LogP contribution is -2.61. The summed E-state index contributed by atoms with van der Waals surface area (Å²) in [7, 11) is 2.88. The van der Waals surface area contributed by atoms with Gasteiger partial charge < -0.3 is 28.8 Å². The van der Waals surface area contributed by atoms with E-state index >= 15 is 0 Å². The van der Waals surface area contributed by atoms with Crippen molar-refractivity contribution in [3.8, 4) is 0 Å². The topological polar surface area (TPSA) is 101 Å². The first kappa shape index (κ1) is 21.9. The molecule has 2 aromatic rings. The molecule has 0 spiro atoms. The third-order valence-electron chi connectivity index (χ3n) is 4.72. The van der Waals surface area contributed by atoms with Gasteiger partial charge in [-0.3, -0.25) is 0 Å². The third-order valence-corrected chi connectivity index (χ3v) is 4.72. The van der Waals surface area contributed by atoms with Crippen molar-refractivity contribution >= 4 is 11.9 Å². The summed E-state index contributed by atoms with van der Waals surface area (Å²) in [5.41, 5.74) is 0.593. The summed E-state index contributed by atoms with van der Waals surface area (Å²) >= 11 is 0. The van der Waals surface area contributed by atoms with Crippen LogP contribution in [0.1, 0.15) is 20.7 Å². The fourth-order valence-electron chi connectivity index (χ4n) is 3.27. The van der Waals surface area contributed by atoms with E-state index in [0.717, 1.165) is 0 Å². The zero-order chi connectivity index (χ0) is 21.5. The highest BCUT2D eigenvalue weighted by Crippen LogP contribution is 2.28. The average molecular weight is 416 g/mol. The smallest absolute Gasteiger partial charge is 0.338 e. The first-order valence-electron chi connectivity index (χ1n) is 9.42. The van der Waals surface area contributed by atoms with Crippen molar-refractivity contribution in [3.05, 3.63) is 71.8 Å². The number of carbonyl (C=O) groups excluding carboxylic acids is 2. The number of hydrogen-bond donors (Lipinski definition) is 1. The van der Waals surface area contributed by atoms with E-state index in [9.17, 15) is 14.7 Å². The van der Waals surface area contributed by atoms with Crippen LogP contribution < -0.4 is 0 Å². The quantitative estimate of drug-likeness (QED) is 0.683. The molecule has 160 valence electrons. The lowest BCUT2D eigenvalue weighted by Gasteiger charge is -2.42. The third kappa shape index (κ3) is 5.03. The Morgan fingerprint density at radius 1 is 0.833 bits per heavy atom. The van der Waals surface area contributed by atoms with Gasteiger partial charge in [-0.15, -0.1) is 0 Å². The Hall–Kier alpha value is -2.78. The highest BCUT2D eigenvalue weighted by Gasteiger charge is 2.50. The molecule has 5 atom stereocenters. The Labute approximate surface area is 174 Å². The standard InChI is InChI=1S/C22H24O8/c1-26-13-16-17(27-2)18(29-20(23)14-9-5-3-6-10-14)19(22(25)28-16)30-21(24)15-11-7-4-8-12-15/h3-12,16-19,22,25H,13H2,1-2H3/t16-,17+,18+,19+,22+/m1/s1. The summed E-state index contributed by atoms with van der Waals surface area (Å²) in [5, 5.41) is 10.5. The Morgan fingerprint density at radius 3 is 1.80 bits per heavy atom. The van der Waals surface area contributed by atoms with Crippen LogP contribution in [0.3, 0.4) is 0 Å². The summed E-state index contributed by atoms with van der Waals surface area (Å²) < 4.78 is 27.3. The summed E-state index contributed by atoms with van der Waals surface area (Å²) in [5.74, 6) is -1.34. The molecule has 1 aliphatic rings. The number of aliphatic hydroxyl groups excluding tert-OH is 1. The predicted molar refractivity (Wildman–Crippen MR) is 105 cm³/mol. The van der Waals surface area contributed by atoms with Crippen LogP contribution in [0.25, 0.3) is 0 Å². The lowest BCUT2D eigenvalue weighted by molar-refractivity contribution is -0.290. The van der Waals surface area contributed by atoms with E-state index < -0.39 is 42.6 Å². The van der Waals surface area contributed by atoms with Gasteiger partial charge in [-0.1, -0.05) is 36.4 Å². The molecular weight excluding hydrogens is 392 g/mol. The summed E-state index contributed by atoms with van der Waals surface area (Å²) in [6.07, 6.45) is -5.55. The Morgan fingerprint density at radius 2 is 1.33 bits per heavy atom. The zero-order valence-corrected chi connectivity index (χ0v) is 16.7. The maximum atomic E-state index is 12.7. The molecule has 0 saturated carbocycles. The highest BCUT2D eigenvalue weighted by atomic mass is 16.7. The molecule has 1 aliphatic heterocycles. The molecule has 30 heavy (non-hydrogen) atoms. The largest absolute Gasteiger partial charge is 0.452 e. The number of benzene rings is 2. The molecule has 2 aromatic carbocycles. The van der Waals surface area contributed by atoms with Crippen LogP contribution in [0.5, 0.6) is 0 Å². The summed E-state index contributed by atoms with van der Waals surface area (Å²) in [6.45, 7) is 0.0777. The number of aliphatic hydroxyl groups is 1. The molecule has 0 radical (unpaired) electrons. The van der Waals surface area contributed by atoms with Crippen molar-refractivity contribution in [2.75, 3.05) is 20.8 Å². The number of carbonyl (C=O) groups is 2. The van der Waals surface area contributed by atoms with Gasteiger partial charge in [0, 0.05) is 14.2 Å². The van der Waals surface area contributed by atoms with Crippen molar-refractivity contribution in [2.24, 2.45) is 0 Å². The van der Waals surface area contributed by atoms with E-state index in [1.807, 2.05) is 0 Å². The van der Waals surface area contributed by atoms with Crippen LogP contribution in [-0.4, -0.2) is 68.6 Å². The number of ether oxygens (including phenoxy) is 5. The van der Waals surface area contributed by atoms with E-state index in [1.54, 1.807) is 60.7 Å². The number of methoxy groups -OCH3 is 2. The highest BCUT2D eigenvalue weighted by molar-refractivity contribution is 5.90. The lowest BCUT2D eigenvalue weighted by atomic mass is 9.98. The monoisotopic (exact) mass is 416 g/mol. The van der Waals surface area contributed by atoms with Gasteiger partial charge >= 0.3 is 11.9 Å². The fourth-order valence-corrected chi connectivity index (χ4v) is 3.27. The second kappa shape index (κ2) is 10.3. The Balaban J connectivity index is 1.86. The van der Waals surface area contributed by atoms with Crippen molar-refractivity contribution in [1.82, 2.24) is 0 Å². The minimum Gasteiger partial charge on any atom is -0.452 e. The molecule has 0 aliphatic carbocycles. The second-order valence-electron chi connectivity index (χ2n) is 6.69. The van der Waals surface area contributed by atoms with Crippen molar-refractivity contribution in [1.29, 1.82) is 0 Å². The van der Waals surface area contributed by atoms with E-state index in [1.165, 1.54) is 14.2 Å². The molecule has 0 amide bonds. The molecule has 0 aromatic heterocycles. The Bertz CT molecular complexity index is 826. The van der Waals surface area contributed by atoms with Gasteiger partial charge in [0.2, 0.25) is 0 Å². The van der Waals surface area contributed by atoms with E-state index in [0.29, 0.717) is 5.56 Å². The molecule has 1 fully saturated rings. The maximum Gasteiger partial charge on any atom is 0.338 e. The predicted octanol–water partition coefficient (Wildman–Crippen LogP) is 1.82. The molecule has 8 heteroatoms. The SMILES string of the molecule is COC[C@H]1O[C@H](O)[C@@H](OC(=O)c2ccccc2)[C@@H](OC(=O)c2ccccc2)[C@H]1OC. The maximum absolute atomic E-state index is 12.7. The average Bonchev–Trinajstić information content (AvgIpc) is 2.77. The van der Waals surface area contributed by atoms with E-state index in [4.69, 9.17) is 23.7 Å². The van der Waals surface area contributed by atoms with E-state index in [2.05, 4.69) is 0 Å². The normalized spacial score (nSPS) is 26.0. The zero-order valence-electron chi connectivity index (χ0n) is 16.7. The molecule has 1 saturated heterocycles. The van der Waals surface area contributed by atoms with Gasteiger partial charge in [0.1, 0.15) is 12.2 Å². The molecule has 1 heterocycles. The van der Waals surface area contributed by atoms with Crippen molar-refractivity contribution < 1.29 is 38.4 Å².